The molecule has 134 valence electrons. The lowest BCUT2D eigenvalue weighted by atomic mass is 10.1. The zero-order chi connectivity index (χ0) is 17.8. The Bertz CT molecular complexity index is 504. The van der Waals surface area contributed by atoms with Gasteiger partial charge in [-0.3, -0.25) is 9.59 Å². The lowest BCUT2D eigenvalue weighted by Gasteiger charge is -2.15. The highest BCUT2D eigenvalue weighted by atomic mass is 16.5. The van der Waals surface area contributed by atoms with Gasteiger partial charge in [-0.05, 0) is 31.0 Å². The average molecular weight is 338 g/mol. The van der Waals surface area contributed by atoms with E-state index < -0.39 is 5.91 Å². The van der Waals surface area contributed by atoms with Gasteiger partial charge < -0.3 is 25.3 Å². The molecule has 7 heteroatoms. The largest absolute Gasteiger partial charge is 0.484 e. The Labute approximate surface area is 142 Å². The van der Waals surface area contributed by atoms with Crippen LogP contribution in [0, 0.1) is 0 Å². The zero-order valence-corrected chi connectivity index (χ0v) is 14.2. The molecule has 24 heavy (non-hydrogen) atoms. The fourth-order valence-electron chi connectivity index (χ4n) is 1.98. The second-order valence-corrected chi connectivity index (χ2v) is 5.32. The van der Waals surface area contributed by atoms with E-state index in [2.05, 4.69) is 5.32 Å². The van der Waals surface area contributed by atoms with Crippen molar-refractivity contribution in [3.05, 3.63) is 29.8 Å². The van der Waals surface area contributed by atoms with Crippen LogP contribution in [-0.4, -0.2) is 45.4 Å². The molecular formula is C17H26N2O5. The number of carbonyl (C=O) groups excluding carboxylic acids is 2. The molecule has 0 heterocycles. The molecule has 0 aliphatic carbocycles. The standard InChI is InChI=1S/C17H26N2O5/c1-13(19-17(21)4-3-9-23-11-10-22-2)14-5-7-15(8-6-14)24-12-16(18)20/h5-8,13H,3-4,9-12H2,1-2H3,(H2,18,20)(H,19,21)/t13-/m0/s1. The lowest BCUT2D eigenvalue weighted by molar-refractivity contribution is -0.122. The minimum atomic E-state index is -0.522. The normalized spacial score (nSPS) is 11.8. The number of nitrogens with two attached hydrogens (primary N) is 1. The summed E-state index contributed by atoms with van der Waals surface area (Å²) in [5.74, 6) is 0.0158. The Balaban J connectivity index is 2.29. The first kappa shape index (κ1) is 19.9. The van der Waals surface area contributed by atoms with Crippen LogP contribution in [0.4, 0.5) is 0 Å². The number of nitrogens with one attached hydrogen (secondary N) is 1. The van der Waals surface area contributed by atoms with Crippen molar-refractivity contribution in [2.45, 2.75) is 25.8 Å². The van der Waals surface area contributed by atoms with Crippen LogP contribution in [0.3, 0.4) is 0 Å². The second-order valence-electron chi connectivity index (χ2n) is 5.32. The van der Waals surface area contributed by atoms with Crippen LogP contribution < -0.4 is 15.8 Å². The Morgan fingerprint density at radius 2 is 1.88 bits per heavy atom. The average Bonchev–Trinajstić information content (AvgIpc) is 2.56. The Morgan fingerprint density at radius 3 is 2.50 bits per heavy atom. The zero-order valence-electron chi connectivity index (χ0n) is 14.2. The van der Waals surface area contributed by atoms with Crippen LogP contribution in [-0.2, 0) is 19.1 Å². The molecule has 0 bridgehead atoms. The van der Waals surface area contributed by atoms with Crippen molar-refractivity contribution in [2.24, 2.45) is 5.73 Å². The van der Waals surface area contributed by atoms with Gasteiger partial charge >= 0.3 is 0 Å². The molecule has 7 nitrogen and oxygen atoms in total. The van der Waals surface area contributed by atoms with Crippen LogP contribution >= 0.6 is 0 Å². The fourth-order valence-corrected chi connectivity index (χ4v) is 1.98. The van der Waals surface area contributed by atoms with E-state index in [1.165, 1.54) is 0 Å². The number of amides is 2. The minimum Gasteiger partial charge on any atom is -0.484 e. The second kappa shape index (κ2) is 11.4. The molecule has 1 rings (SSSR count). The van der Waals surface area contributed by atoms with Crippen LogP contribution in [0.2, 0.25) is 0 Å². The highest BCUT2D eigenvalue weighted by Crippen LogP contribution is 2.17. The first-order valence-electron chi connectivity index (χ1n) is 7.90. The molecule has 0 aromatic heterocycles. The number of rotatable bonds is 12. The van der Waals surface area contributed by atoms with E-state index in [0.717, 1.165) is 5.56 Å². The third kappa shape index (κ3) is 8.50. The molecule has 0 saturated heterocycles. The molecule has 0 radical (unpaired) electrons. The van der Waals surface area contributed by atoms with Gasteiger partial charge in [0.25, 0.3) is 5.91 Å². The van der Waals surface area contributed by atoms with Gasteiger partial charge in [0.05, 0.1) is 19.3 Å². The van der Waals surface area contributed by atoms with E-state index in [0.29, 0.717) is 38.4 Å². The molecule has 0 saturated carbocycles. The van der Waals surface area contributed by atoms with Gasteiger partial charge in [-0.15, -0.1) is 0 Å². The molecule has 0 aliphatic rings. The molecule has 3 N–H and O–H groups in total. The van der Waals surface area contributed by atoms with Gasteiger partial charge in [0.1, 0.15) is 5.75 Å². The summed E-state index contributed by atoms with van der Waals surface area (Å²) >= 11 is 0. The number of benzene rings is 1. The van der Waals surface area contributed by atoms with Crippen molar-refractivity contribution >= 4 is 11.8 Å². The highest BCUT2D eigenvalue weighted by molar-refractivity contribution is 5.76. The maximum Gasteiger partial charge on any atom is 0.255 e. The summed E-state index contributed by atoms with van der Waals surface area (Å²) in [6.07, 6.45) is 1.08. The van der Waals surface area contributed by atoms with E-state index in [1.807, 2.05) is 19.1 Å². The van der Waals surface area contributed by atoms with Gasteiger partial charge in [0.15, 0.2) is 6.61 Å². The summed E-state index contributed by atoms with van der Waals surface area (Å²) in [7, 11) is 1.62. The predicted octanol–water partition coefficient (Wildman–Crippen LogP) is 1.17. The maximum atomic E-state index is 11.9. The van der Waals surface area contributed by atoms with Gasteiger partial charge in [-0.2, -0.15) is 0 Å². The van der Waals surface area contributed by atoms with Crippen molar-refractivity contribution in [3.8, 4) is 5.75 Å². The molecule has 1 atom stereocenters. The molecule has 1 aromatic rings. The van der Waals surface area contributed by atoms with E-state index in [9.17, 15) is 9.59 Å². The van der Waals surface area contributed by atoms with Crippen molar-refractivity contribution in [3.63, 3.8) is 0 Å². The highest BCUT2D eigenvalue weighted by Gasteiger charge is 2.09. The predicted molar refractivity (Wildman–Crippen MR) is 89.6 cm³/mol. The third-order valence-electron chi connectivity index (χ3n) is 3.26. The van der Waals surface area contributed by atoms with Crippen LogP contribution in [0.1, 0.15) is 31.4 Å². The summed E-state index contributed by atoms with van der Waals surface area (Å²) in [6.45, 7) is 3.39. The molecular weight excluding hydrogens is 312 g/mol. The summed E-state index contributed by atoms with van der Waals surface area (Å²) in [5, 5.41) is 2.93. The van der Waals surface area contributed by atoms with Crippen molar-refractivity contribution < 1.29 is 23.8 Å². The maximum absolute atomic E-state index is 11.9. The number of methoxy groups -OCH3 is 1. The Hall–Kier alpha value is -2.12. The molecule has 0 spiro atoms. The van der Waals surface area contributed by atoms with E-state index >= 15 is 0 Å². The summed E-state index contributed by atoms with van der Waals surface area (Å²) in [4.78, 5) is 22.6. The lowest BCUT2D eigenvalue weighted by Crippen LogP contribution is -2.26. The molecule has 1 aromatic carbocycles. The van der Waals surface area contributed by atoms with E-state index in [-0.39, 0.29) is 18.6 Å². The van der Waals surface area contributed by atoms with Gasteiger partial charge in [-0.25, -0.2) is 0 Å². The molecule has 0 unspecified atom stereocenters. The molecule has 2 amide bonds. The Kier molecular flexibility index (Phi) is 9.48. The van der Waals surface area contributed by atoms with Gasteiger partial charge in [0, 0.05) is 20.1 Å². The van der Waals surface area contributed by atoms with Crippen LogP contribution in [0.15, 0.2) is 24.3 Å². The first-order valence-corrected chi connectivity index (χ1v) is 7.90. The number of primary amides is 1. The van der Waals surface area contributed by atoms with E-state index in [1.54, 1.807) is 19.2 Å². The van der Waals surface area contributed by atoms with Gasteiger partial charge in [0.2, 0.25) is 5.91 Å². The quantitative estimate of drug-likeness (QED) is 0.557. The fraction of sp³-hybridized carbons (Fsp3) is 0.529. The first-order chi connectivity index (χ1) is 11.5. The van der Waals surface area contributed by atoms with Crippen molar-refractivity contribution in [1.82, 2.24) is 5.32 Å². The van der Waals surface area contributed by atoms with E-state index in [4.69, 9.17) is 19.9 Å². The van der Waals surface area contributed by atoms with Crippen molar-refractivity contribution in [1.29, 1.82) is 0 Å². The number of carbonyl (C=O) groups is 2. The monoisotopic (exact) mass is 338 g/mol. The summed E-state index contributed by atoms with van der Waals surface area (Å²) < 4.78 is 15.4. The molecule has 0 fully saturated rings. The summed E-state index contributed by atoms with van der Waals surface area (Å²) in [6, 6.07) is 7.05. The number of hydrogen-bond acceptors (Lipinski definition) is 5. The molecule has 0 aliphatic heterocycles. The Morgan fingerprint density at radius 1 is 1.17 bits per heavy atom. The number of ether oxygens (including phenoxy) is 3. The third-order valence-corrected chi connectivity index (χ3v) is 3.26. The van der Waals surface area contributed by atoms with Crippen LogP contribution in [0.25, 0.3) is 0 Å². The van der Waals surface area contributed by atoms with Crippen molar-refractivity contribution in [2.75, 3.05) is 33.5 Å². The van der Waals surface area contributed by atoms with Gasteiger partial charge in [-0.1, -0.05) is 12.1 Å². The van der Waals surface area contributed by atoms with Crippen LogP contribution in [0.5, 0.6) is 5.75 Å². The summed E-state index contributed by atoms with van der Waals surface area (Å²) in [5.41, 5.74) is 5.97. The topological polar surface area (TPSA) is 99.9 Å². The SMILES string of the molecule is COCCOCCCC(=O)N[C@@H](C)c1ccc(OCC(N)=O)cc1. The number of hydrogen-bond donors (Lipinski definition) is 2. The smallest absolute Gasteiger partial charge is 0.255 e. The minimum absolute atomic E-state index is 0.0214.